The molecule has 0 unspecified atom stereocenters. The maximum absolute atomic E-state index is 11.6. The molecule has 0 fully saturated rings. The standard InChI is InChI=1S/C10H19O6P/c1-9(11)15-5-3-7-17(13,14)8-4-6-16-10(2)12/h3-8H2,1-2H3,(H,13,14). The zero-order valence-corrected chi connectivity index (χ0v) is 11.1. The Morgan fingerprint density at radius 1 is 1.00 bits per heavy atom. The molecule has 0 rings (SSSR count). The van der Waals surface area contributed by atoms with Crippen LogP contribution in [0.15, 0.2) is 0 Å². The fraction of sp³-hybridized carbons (Fsp3) is 0.800. The van der Waals surface area contributed by atoms with E-state index in [0.717, 1.165) is 0 Å². The average molecular weight is 266 g/mol. The Kier molecular flexibility index (Phi) is 7.83. The van der Waals surface area contributed by atoms with Crippen molar-refractivity contribution in [2.45, 2.75) is 26.7 Å². The molecule has 7 heteroatoms. The van der Waals surface area contributed by atoms with E-state index in [4.69, 9.17) is 0 Å². The summed E-state index contributed by atoms with van der Waals surface area (Å²) in [5.41, 5.74) is 0. The lowest BCUT2D eigenvalue weighted by Crippen LogP contribution is -2.06. The molecule has 0 aliphatic heterocycles. The zero-order valence-electron chi connectivity index (χ0n) is 10.2. The third kappa shape index (κ3) is 11.4. The highest BCUT2D eigenvalue weighted by atomic mass is 31.2. The zero-order chi connectivity index (χ0) is 13.3. The lowest BCUT2D eigenvalue weighted by atomic mass is 10.5. The summed E-state index contributed by atoms with van der Waals surface area (Å²) in [5.74, 6) is -0.791. The summed E-state index contributed by atoms with van der Waals surface area (Å²) in [6, 6.07) is 0. The first kappa shape index (κ1) is 16.1. The van der Waals surface area contributed by atoms with Crippen molar-refractivity contribution in [3.05, 3.63) is 0 Å². The molecule has 6 nitrogen and oxygen atoms in total. The number of esters is 2. The molecule has 0 heterocycles. The van der Waals surface area contributed by atoms with Gasteiger partial charge in [0.1, 0.15) is 0 Å². The molecule has 0 bridgehead atoms. The van der Waals surface area contributed by atoms with Crippen LogP contribution in [0.2, 0.25) is 0 Å². The van der Waals surface area contributed by atoms with E-state index in [1.54, 1.807) is 0 Å². The van der Waals surface area contributed by atoms with Crippen molar-refractivity contribution in [3.63, 3.8) is 0 Å². The Hall–Kier alpha value is -0.870. The number of carbonyl (C=O) groups is 2. The number of hydrogen-bond acceptors (Lipinski definition) is 5. The highest BCUT2D eigenvalue weighted by Crippen LogP contribution is 2.41. The normalized spacial score (nSPS) is 11.0. The van der Waals surface area contributed by atoms with E-state index in [2.05, 4.69) is 9.47 Å². The lowest BCUT2D eigenvalue weighted by molar-refractivity contribution is -0.141. The second kappa shape index (κ2) is 8.25. The summed E-state index contributed by atoms with van der Waals surface area (Å²) in [4.78, 5) is 30.4. The van der Waals surface area contributed by atoms with Gasteiger partial charge in [0.05, 0.1) is 13.2 Å². The molecular weight excluding hydrogens is 247 g/mol. The molecule has 0 atom stereocenters. The third-order valence-electron chi connectivity index (χ3n) is 1.91. The second-order valence-electron chi connectivity index (χ2n) is 3.68. The van der Waals surface area contributed by atoms with E-state index in [1.165, 1.54) is 13.8 Å². The monoisotopic (exact) mass is 266 g/mol. The second-order valence-corrected chi connectivity index (χ2v) is 6.27. The smallest absolute Gasteiger partial charge is 0.302 e. The van der Waals surface area contributed by atoms with E-state index in [9.17, 15) is 19.0 Å². The largest absolute Gasteiger partial charge is 0.466 e. The SMILES string of the molecule is CC(=O)OCCCP(=O)(O)CCCOC(C)=O. The number of ether oxygens (including phenoxy) is 2. The Balaban J connectivity index is 3.62. The molecule has 0 aliphatic carbocycles. The average Bonchev–Trinajstić information content (AvgIpc) is 2.19. The Bertz CT molecular complexity index is 275. The summed E-state index contributed by atoms with van der Waals surface area (Å²) in [6.45, 7) is 2.89. The highest BCUT2D eigenvalue weighted by molar-refractivity contribution is 7.57. The van der Waals surface area contributed by atoms with Crippen molar-refractivity contribution >= 4 is 19.3 Å². The third-order valence-corrected chi connectivity index (χ3v) is 3.94. The van der Waals surface area contributed by atoms with Crippen molar-refractivity contribution < 1.29 is 28.5 Å². The molecule has 0 aromatic heterocycles. The Labute approximate surface area is 101 Å². The molecule has 0 radical (unpaired) electrons. The predicted octanol–water partition coefficient (Wildman–Crippen LogP) is 1.16. The topological polar surface area (TPSA) is 89.9 Å². The van der Waals surface area contributed by atoms with Gasteiger partial charge in [-0.3, -0.25) is 14.2 Å². The quantitative estimate of drug-likeness (QED) is 0.403. The number of rotatable bonds is 8. The number of carbonyl (C=O) groups excluding carboxylic acids is 2. The summed E-state index contributed by atoms with van der Waals surface area (Å²) in [6.07, 6.45) is 0.947. The molecule has 0 amide bonds. The molecule has 0 aliphatic rings. The fourth-order valence-electron chi connectivity index (χ4n) is 1.17. The van der Waals surface area contributed by atoms with Crippen LogP contribution in [0.4, 0.5) is 0 Å². The van der Waals surface area contributed by atoms with Gasteiger partial charge in [-0.15, -0.1) is 0 Å². The van der Waals surface area contributed by atoms with E-state index >= 15 is 0 Å². The summed E-state index contributed by atoms with van der Waals surface area (Å²) in [7, 11) is -3.19. The van der Waals surface area contributed by atoms with Crippen LogP contribution in [0.3, 0.4) is 0 Å². The van der Waals surface area contributed by atoms with Gasteiger partial charge in [-0.2, -0.15) is 0 Å². The molecule has 100 valence electrons. The van der Waals surface area contributed by atoms with E-state index < -0.39 is 19.3 Å². The van der Waals surface area contributed by atoms with Crippen LogP contribution in [0.5, 0.6) is 0 Å². The molecule has 0 spiro atoms. The fourth-order valence-corrected chi connectivity index (χ4v) is 2.64. The van der Waals surface area contributed by atoms with Crippen LogP contribution >= 0.6 is 7.37 Å². The minimum Gasteiger partial charge on any atom is -0.466 e. The minimum atomic E-state index is -3.19. The molecule has 0 aromatic rings. The summed E-state index contributed by atoms with van der Waals surface area (Å²) in [5, 5.41) is 0. The van der Waals surface area contributed by atoms with Crippen LogP contribution in [-0.4, -0.2) is 42.4 Å². The lowest BCUT2D eigenvalue weighted by Gasteiger charge is -2.11. The van der Waals surface area contributed by atoms with Gasteiger partial charge in [0.15, 0.2) is 0 Å². The highest BCUT2D eigenvalue weighted by Gasteiger charge is 2.17. The van der Waals surface area contributed by atoms with E-state index in [0.29, 0.717) is 12.8 Å². The van der Waals surface area contributed by atoms with Gasteiger partial charge in [0.2, 0.25) is 7.37 Å². The maximum atomic E-state index is 11.6. The molecule has 0 saturated heterocycles. The first-order valence-corrected chi connectivity index (χ1v) is 7.44. The van der Waals surface area contributed by atoms with E-state index in [-0.39, 0.29) is 25.5 Å². The van der Waals surface area contributed by atoms with Gasteiger partial charge in [0, 0.05) is 26.2 Å². The summed E-state index contributed by atoms with van der Waals surface area (Å²) < 4.78 is 20.9. The van der Waals surface area contributed by atoms with Crippen LogP contribution in [0.1, 0.15) is 26.7 Å². The van der Waals surface area contributed by atoms with Gasteiger partial charge >= 0.3 is 11.9 Å². The van der Waals surface area contributed by atoms with Gasteiger partial charge in [0.25, 0.3) is 0 Å². The first-order chi connectivity index (χ1) is 7.83. The first-order valence-electron chi connectivity index (χ1n) is 5.41. The predicted molar refractivity (Wildman–Crippen MR) is 62.1 cm³/mol. The van der Waals surface area contributed by atoms with Gasteiger partial charge in [-0.05, 0) is 12.8 Å². The van der Waals surface area contributed by atoms with Crippen LogP contribution < -0.4 is 0 Å². The van der Waals surface area contributed by atoms with Crippen LogP contribution in [0.25, 0.3) is 0 Å². The molecule has 17 heavy (non-hydrogen) atoms. The molecule has 0 aromatic carbocycles. The summed E-state index contributed by atoms with van der Waals surface area (Å²) >= 11 is 0. The van der Waals surface area contributed by atoms with Crippen molar-refractivity contribution in [2.75, 3.05) is 25.5 Å². The van der Waals surface area contributed by atoms with Crippen LogP contribution in [-0.2, 0) is 23.6 Å². The van der Waals surface area contributed by atoms with Crippen molar-refractivity contribution in [3.8, 4) is 0 Å². The van der Waals surface area contributed by atoms with E-state index in [1.807, 2.05) is 0 Å². The Morgan fingerprint density at radius 3 is 1.65 bits per heavy atom. The molecule has 1 N–H and O–H groups in total. The van der Waals surface area contributed by atoms with Crippen molar-refractivity contribution in [1.29, 1.82) is 0 Å². The van der Waals surface area contributed by atoms with Gasteiger partial charge in [-0.25, -0.2) is 0 Å². The minimum absolute atomic E-state index is 0.111. The van der Waals surface area contributed by atoms with Crippen molar-refractivity contribution in [1.82, 2.24) is 0 Å². The maximum Gasteiger partial charge on any atom is 0.302 e. The molecule has 0 saturated carbocycles. The Morgan fingerprint density at radius 2 is 1.35 bits per heavy atom. The molecular formula is C10H19O6P. The number of hydrogen-bond donors (Lipinski definition) is 1. The van der Waals surface area contributed by atoms with Crippen LogP contribution in [0, 0.1) is 0 Å². The van der Waals surface area contributed by atoms with Gasteiger partial charge < -0.3 is 14.4 Å². The van der Waals surface area contributed by atoms with Crippen molar-refractivity contribution in [2.24, 2.45) is 0 Å². The van der Waals surface area contributed by atoms with Gasteiger partial charge in [-0.1, -0.05) is 0 Å².